The summed E-state index contributed by atoms with van der Waals surface area (Å²) >= 11 is 0. The zero-order valence-electron chi connectivity index (χ0n) is 6.66. The van der Waals surface area contributed by atoms with Gasteiger partial charge in [0.1, 0.15) is 0 Å². The molecular formula is C10H10O2. The first kappa shape index (κ1) is 7.50. The molecule has 1 aromatic carbocycles. The highest BCUT2D eigenvalue weighted by molar-refractivity contribution is 6.01. The van der Waals surface area contributed by atoms with Crippen LogP contribution in [0.2, 0.25) is 0 Å². The Morgan fingerprint density at radius 2 is 2.17 bits per heavy atom. The normalized spacial score (nSPS) is 21.1. The van der Waals surface area contributed by atoms with Gasteiger partial charge in [0.05, 0.1) is 6.61 Å². The summed E-state index contributed by atoms with van der Waals surface area (Å²) in [6, 6.07) is 7.50. The van der Waals surface area contributed by atoms with Gasteiger partial charge in [-0.25, -0.2) is 0 Å². The van der Waals surface area contributed by atoms with Crippen molar-refractivity contribution in [1.29, 1.82) is 0 Å². The van der Waals surface area contributed by atoms with E-state index in [0.717, 1.165) is 11.1 Å². The first-order chi connectivity index (χ1) is 5.83. The van der Waals surface area contributed by atoms with Crippen molar-refractivity contribution >= 4 is 5.78 Å². The number of ketones is 1. The summed E-state index contributed by atoms with van der Waals surface area (Å²) in [5, 5.41) is 8.98. The molecule has 0 saturated carbocycles. The highest BCUT2D eigenvalue weighted by atomic mass is 16.3. The third-order valence-electron chi connectivity index (χ3n) is 2.35. The summed E-state index contributed by atoms with van der Waals surface area (Å²) in [6.07, 6.45) is 0.468. The van der Waals surface area contributed by atoms with E-state index in [0.29, 0.717) is 6.42 Å². The molecule has 62 valence electrons. The largest absolute Gasteiger partial charge is 0.396 e. The number of hydrogen-bond acceptors (Lipinski definition) is 2. The zero-order valence-corrected chi connectivity index (χ0v) is 6.66. The van der Waals surface area contributed by atoms with Gasteiger partial charge >= 0.3 is 0 Å². The number of benzene rings is 1. The third kappa shape index (κ3) is 0.959. The molecule has 1 N–H and O–H groups in total. The number of aliphatic hydroxyl groups excluding tert-OH is 1. The smallest absolute Gasteiger partial charge is 0.163 e. The molecule has 0 aromatic heterocycles. The molecule has 0 amide bonds. The highest BCUT2D eigenvalue weighted by Crippen LogP contribution is 2.31. The first-order valence-corrected chi connectivity index (χ1v) is 4.06. The van der Waals surface area contributed by atoms with Crippen LogP contribution >= 0.6 is 0 Å². The van der Waals surface area contributed by atoms with Crippen LogP contribution in [0.1, 0.15) is 28.3 Å². The minimum atomic E-state index is 0.0358. The van der Waals surface area contributed by atoms with Gasteiger partial charge in [-0.05, 0) is 5.56 Å². The standard InChI is InChI=1S/C10H10O2/c11-6-7-5-10(12)9-4-2-1-3-8(7)9/h1-4,7,11H,5-6H2/t7-/m1/s1. The molecule has 0 heterocycles. The molecule has 1 aliphatic rings. The van der Waals surface area contributed by atoms with Crippen LogP contribution < -0.4 is 0 Å². The minimum absolute atomic E-state index is 0.0358. The number of Topliss-reactive ketones (excluding diaryl/α,β-unsaturated/α-hetero) is 1. The molecule has 0 spiro atoms. The lowest BCUT2D eigenvalue weighted by molar-refractivity contribution is 0.0980. The van der Waals surface area contributed by atoms with Crippen LogP contribution in [0.3, 0.4) is 0 Å². The average molecular weight is 162 g/mol. The summed E-state index contributed by atoms with van der Waals surface area (Å²) in [5.41, 5.74) is 1.79. The van der Waals surface area contributed by atoms with Gasteiger partial charge in [0.15, 0.2) is 5.78 Å². The molecule has 0 fully saturated rings. The Morgan fingerprint density at radius 1 is 1.42 bits per heavy atom. The van der Waals surface area contributed by atoms with Crippen LogP contribution in [0.25, 0.3) is 0 Å². The van der Waals surface area contributed by atoms with Gasteiger partial charge in [0.25, 0.3) is 0 Å². The molecule has 2 rings (SSSR count). The highest BCUT2D eigenvalue weighted by Gasteiger charge is 2.27. The predicted molar refractivity (Wildman–Crippen MR) is 45.2 cm³/mol. The Hall–Kier alpha value is -1.15. The molecule has 1 atom stereocenters. The Kier molecular flexibility index (Phi) is 1.70. The van der Waals surface area contributed by atoms with Crippen molar-refractivity contribution in [3.63, 3.8) is 0 Å². The fraction of sp³-hybridized carbons (Fsp3) is 0.300. The Morgan fingerprint density at radius 3 is 2.92 bits per heavy atom. The number of hydrogen-bond donors (Lipinski definition) is 1. The van der Waals surface area contributed by atoms with Gasteiger partial charge in [-0.3, -0.25) is 4.79 Å². The maximum atomic E-state index is 11.3. The van der Waals surface area contributed by atoms with Gasteiger partial charge in [-0.1, -0.05) is 24.3 Å². The van der Waals surface area contributed by atoms with Crippen LogP contribution in [-0.4, -0.2) is 17.5 Å². The number of carbonyl (C=O) groups is 1. The van der Waals surface area contributed by atoms with Crippen LogP contribution in [0, 0.1) is 0 Å². The zero-order chi connectivity index (χ0) is 8.55. The van der Waals surface area contributed by atoms with Crippen LogP contribution in [0.15, 0.2) is 24.3 Å². The van der Waals surface area contributed by atoms with Crippen molar-refractivity contribution in [2.45, 2.75) is 12.3 Å². The van der Waals surface area contributed by atoms with Gasteiger partial charge in [0.2, 0.25) is 0 Å². The molecule has 1 aliphatic carbocycles. The Bertz CT molecular complexity index is 317. The van der Waals surface area contributed by atoms with Crippen molar-refractivity contribution in [3.8, 4) is 0 Å². The van der Waals surface area contributed by atoms with E-state index in [1.54, 1.807) is 0 Å². The average Bonchev–Trinajstić information content (AvgIpc) is 2.44. The van der Waals surface area contributed by atoms with Gasteiger partial charge in [0, 0.05) is 17.9 Å². The third-order valence-corrected chi connectivity index (χ3v) is 2.35. The molecule has 0 radical (unpaired) electrons. The fourth-order valence-corrected chi connectivity index (χ4v) is 1.71. The van der Waals surface area contributed by atoms with E-state index < -0.39 is 0 Å². The molecular weight excluding hydrogens is 152 g/mol. The molecule has 0 aliphatic heterocycles. The Balaban J connectivity index is 2.50. The van der Waals surface area contributed by atoms with E-state index in [1.165, 1.54) is 0 Å². The van der Waals surface area contributed by atoms with Crippen molar-refractivity contribution in [3.05, 3.63) is 35.4 Å². The lowest BCUT2D eigenvalue weighted by Gasteiger charge is -2.04. The van der Waals surface area contributed by atoms with E-state index in [2.05, 4.69) is 0 Å². The van der Waals surface area contributed by atoms with Crippen LogP contribution in [0.4, 0.5) is 0 Å². The monoisotopic (exact) mass is 162 g/mol. The van der Waals surface area contributed by atoms with Crippen molar-refractivity contribution < 1.29 is 9.90 Å². The van der Waals surface area contributed by atoms with Crippen molar-refractivity contribution in [2.75, 3.05) is 6.61 Å². The summed E-state index contributed by atoms with van der Waals surface area (Å²) in [6.45, 7) is 0.0722. The molecule has 1 aromatic rings. The van der Waals surface area contributed by atoms with Crippen molar-refractivity contribution in [1.82, 2.24) is 0 Å². The quantitative estimate of drug-likeness (QED) is 0.676. The molecule has 0 bridgehead atoms. The second-order valence-electron chi connectivity index (χ2n) is 3.09. The summed E-state index contributed by atoms with van der Waals surface area (Å²) in [7, 11) is 0. The van der Waals surface area contributed by atoms with Gasteiger partial charge in [-0.2, -0.15) is 0 Å². The van der Waals surface area contributed by atoms with Crippen LogP contribution in [-0.2, 0) is 0 Å². The van der Waals surface area contributed by atoms with E-state index in [1.807, 2.05) is 24.3 Å². The van der Waals surface area contributed by atoms with E-state index in [4.69, 9.17) is 5.11 Å². The maximum Gasteiger partial charge on any atom is 0.163 e. The predicted octanol–water partition coefficient (Wildman–Crippen LogP) is 1.35. The number of rotatable bonds is 1. The number of carbonyl (C=O) groups excluding carboxylic acids is 1. The minimum Gasteiger partial charge on any atom is -0.396 e. The van der Waals surface area contributed by atoms with E-state index in [9.17, 15) is 4.79 Å². The van der Waals surface area contributed by atoms with Gasteiger partial charge in [-0.15, -0.1) is 0 Å². The summed E-state index contributed by atoms with van der Waals surface area (Å²) in [5.74, 6) is 0.193. The van der Waals surface area contributed by atoms with Gasteiger partial charge < -0.3 is 5.11 Å². The molecule has 2 heteroatoms. The summed E-state index contributed by atoms with van der Waals surface area (Å²) in [4.78, 5) is 11.3. The topological polar surface area (TPSA) is 37.3 Å². The molecule has 12 heavy (non-hydrogen) atoms. The fourth-order valence-electron chi connectivity index (χ4n) is 1.71. The Labute approximate surface area is 70.8 Å². The molecule has 0 saturated heterocycles. The summed E-state index contributed by atoms with van der Waals surface area (Å²) < 4.78 is 0. The molecule has 0 unspecified atom stereocenters. The SMILES string of the molecule is O=C1C[C@H](CO)c2ccccc21. The lowest BCUT2D eigenvalue weighted by atomic mass is 10.0. The second kappa shape index (κ2) is 2.72. The molecule has 2 nitrogen and oxygen atoms in total. The maximum absolute atomic E-state index is 11.3. The van der Waals surface area contributed by atoms with E-state index in [-0.39, 0.29) is 18.3 Å². The van der Waals surface area contributed by atoms with E-state index >= 15 is 0 Å². The second-order valence-corrected chi connectivity index (χ2v) is 3.09. The number of aliphatic hydroxyl groups is 1. The lowest BCUT2D eigenvalue weighted by Crippen LogP contribution is -1.98. The van der Waals surface area contributed by atoms with Crippen LogP contribution in [0.5, 0.6) is 0 Å². The first-order valence-electron chi connectivity index (χ1n) is 4.06. The number of fused-ring (bicyclic) bond motifs is 1. The van der Waals surface area contributed by atoms with Crippen molar-refractivity contribution in [2.24, 2.45) is 0 Å².